The van der Waals surface area contributed by atoms with E-state index in [0.717, 1.165) is 0 Å². The van der Waals surface area contributed by atoms with Gasteiger partial charge in [0.1, 0.15) is 6.04 Å². The topological polar surface area (TPSA) is 87.7 Å². The molecule has 0 aromatic rings. The summed E-state index contributed by atoms with van der Waals surface area (Å²) in [5.41, 5.74) is 0. The van der Waals surface area contributed by atoms with E-state index < -0.39 is 12.0 Å². The number of carbonyl (C=O) groups excluding carboxylic acids is 1. The van der Waals surface area contributed by atoms with Crippen molar-refractivity contribution >= 4 is 11.9 Å². The first-order valence-corrected chi connectivity index (χ1v) is 5.75. The Labute approximate surface area is 101 Å². The summed E-state index contributed by atoms with van der Waals surface area (Å²) in [6, 6.07) is -0.891. The van der Waals surface area contributed by atoms with Crippen LogP contribution in [0.3, 0.4) is 0 Å². The first-order chi connectivity index (χ1) is 7.97. The van der Waals surface area contributed by atoms with Crippen LogP contribution in [0.4, 0.5) is 0 Å². The highest BCUT2D eigenvalue weighted by molar-refractivity contribution is 5.85. The van der Waals surface area contributed by atoms with E-state index in [0.29, 0.717) is 13.2 Å². The normalized spacial score (nSPS) is 25.9. The molecule has 1 rings (SSSR count). The highest BCUT2D eigenvalue weighted by Crippen LogP contribution is 2.14. The molecule has 0 aromatic heterocycles. The molecule has 6 heteroatoms. The predicted octanol–water partition coefficient (Wildman–Crippen LogP) is -0.554. The third-order valence-electron chi connectivity index (χ3n) is 3.02. The highest BCUT2D eigenvalue weighted by Gasteiger charge is 2.35. The van der Waals surface area contributed by atoms with Crippen LogP contribution < -0.4 is 10.6 Å². The SMILES string of the molecule is CNC1COCC1C(=O)N[C@H](C(=O)O)C(C)C. The van der Waals surface area contributed by atoms with Crippen LogP contribution in [-0.2, 0) is 14.3 Å². The molecule has 2 unspecified atom stereocenters. The number of carboxylic acids is 1. The number of amides is 1. The largest absolute Gasteiger partial charge is 0.480 e. The van der Waals surface area contributed by atoms with Crippen molar-refractivity contribution in [1.82, 2.24) is 10.6 Å². The standard InChI is InChI=1S/C11H20N2O4/c1-6(2)9(11(15)16)13-10(14)7-4-17-5-8(7)12-3/h6-9,12H,4-5H2,1-3H3,(H,13,14)(H,15,16)/t7?,8?,9-/m0/s1. The maximum absolute atomic E-state index is 11.9. The minimum atomic E-state index is -1.01. The van der Waals surface area contributed by atoms with Crippen LogP contribution in [0.25, 0.3) is 0 Å². The molecule has 0 saturated carbocycles. The molecule has 0 spiro atoms. The molecule has 3 N–H and O–H groups in total. The van der Waals surface area contributed by atoms with Crippen LogP contribution >= 0.6 is 0 Å². The summed E-state index contributed by atoms with van der Waals surface area (Å²) in [4.78, 5) is 22.9. The second-order valence-corrected chi connectivity index (χ2v) is 4.61. The van der Waals surface area contributed by atoms with Crippen LogP contribution in [0.5, 0.6) is 0 Å². The number of nitrogens with one attached hydrogen (secondary N) is 2. The van der Waals surface area contributed by atoms with Gasteiger partial charge in [-0.15, -0.1) is 0 Å². The monoisotopic (exact) mass is 244 g/mol. The molecule has 98 valence electrons. The molecular formula is C11H20N2O4. The van der Waals surface area contributed by atoms with Crippen molar-refractivity contribution in [3.05, 3.63) is 0 Å². The summed E-state index contributed by atoms with van der Waals surface area (Å²) >= 11 is 0. The second-order valence-electron chi connectivity index (χ2n) is 4.61. The molecule has 0 radical (unpaired) electrons. The van der Waals surface area contributed by atoms with E-state index in [9.17, 15) is 9.59 Å². The lowest BCUT2D eigenvalue weighted by Crippen LogP contribution is -2.50. The maximum atomic E-state index is 11.9. The molecule has 1 amide bonds. The summed E-state index contributed by atoms with van der Waals surface area (Å²) in [5, 5.41) is 14.6. The smallest absolute Gasteiger partial charge is 0.326 e. The average Bonchev–Trinajstić information content (AvgIpc) is 2.72. The Balaban J connectivity index is 2.61. The van der Waals surface area contributed by atoms with Crippen LogP contribution in [0, 0.1) is 11.8 Å². The van der Waals surface area contributed by atoms with E-state index >= 15 is 0 Å². The molecule has 1 aliphatic rings. The number of aliphatic carboxylic acids is 1. The zero-order valence-electron chi connectivity index (χ0n) is 10.4. The van der Waals surface area contributed by atoms with Gasteiger partial charge in [0.25, 0.3) is 0 Å². The minimum absolute atomic E-state index is 0.0448. The van der Waals surface area contributed by atoms with Gasteiger partial charge in [0.05, 0.1) is 19.1 Å². The molecule has 6 nitrogen and oxygen atoms in total. The minimum Gasteiger partial charge on any atom is -0.480 e. The van der Waals surface area contributed by atoms with E-state index in [1.165, 1.54) is 0 Å². The van der Waals surface area contributed by atoms with E-state index in [-0.39, 0.29) is 23.8 Å². The van der Waals surface area contributed by atoms with Crippen LogP contribution in [0.1, 0.15) is 13.8 Å². The van der Waals surface area contributed by atoms with Gasteiger partial charge in [-0.3, -0.25) is 4.79 Å². The third kappa shape index (κ3) is 3.41. The van der Waals surface area contributed by atoms with Gasteiger partial charge in [0.15, 0.2) is 0 Å². The van der Waals surface area contributed by atoms with Gasteiger partial charge in [-0.1, -0.05) is 13.8 Å². The zero-order chi connectivity index (χ0) is 13.0. The van der Waals surface area contributed by atoms with E-state index in [2.05, 4.69) is 10.6 Å². The van der Waals surface area contributed by atoms with Gasteiger partial charge in [-0.05, 0) is 13.0 Å². The lowest BCUT2D eigenvalue weighted by Gasteiger charge is -2.22. The Morgan fingerprint density at radius 1 is 1.35 bits per heavy atom. The van der Waals surface area contributed by atoms with Crippen LogP contribution in [0.2, 0.25) is 0 Å². The molecule has 17 heavy (non-hydrogen) atoms. The Kier molecular flexibility index (Phi) is 4.89. The Bertz CT molecular complexity index is 293. The predicted molar refractivity (Wildman–Crippen MR) is 61.6 cm³/mol. The van der Waals surface area contributed by atoms with Gasteiger partial charge in [0.2, 0.25) is 5.91 Å². The van der Waals surface area contributed by atoms with E-state index in [4.69, 9.17) is 9.84 Å². The van der Waals surface area contributed by atoms with Crippen molar-refractivity contribution < 1.29 is 19.4 Å². The van der Waals surface area contributed by atoms with Crippen molar-refractivity contribution in [2.24, 2.45) is 11.8 Å². The van der Waals surface area contributed by atoms with Gasteiger partial charge in [-0.25, -0.2) is 4.79 Å². The number of rotatable bonds is 5. The Hall–Kier alpha value is -1.14. The number of carbonyl (C=O) groups is 2. The second kappa shape index (κ2) is 5.97. The van der Waals surface area contributed by atoms with Crippen molar-refractivity contribution in [3.8, 4) is 0 Å². The third-order valence-corrected chi connectivity index (χ3v) is 3.02. The van der Waals surface area contributed by atoms with Gasteiger partial charge in [-0.2, -0.15) is 0 Å². The van der Waals surface area contributed by atoms with Crippen molar-refractivity contribution in [2.75, 3.05) is 20.3 Å². The molecule has 1 fully saturated rings. The van der Waals surface area contributed by atoms with Crippen molar-refractivity contribution in [1.29, 1.82) is 0 Å². The zero-order valence-corrected chi connectivity index (χ0v) is 10.4. The fraction of sp³-hybridized carbons (Fsp3) is 0.818. The molecule has 3 atom stereocenters. The van der Waals surface area contributed by atoms with Gasteiger partial charge < -0.3 is 20.5 Å². The van der Waals surface area contributed by atoms with Crippen LogP contribution in [0.15, 0.2) is 0 Å². The molecule has 1 saturated heterocycles. The fourth-order valence-electron chi connectivity index (χ4n) is 1.87. The highest BCUT2D eigenvalue weighted by atomic mass is 16.5. The van der Waals surface area contributed by atoms with Gasteiger partial charge >= 0.3 is 5.97 Å². The van der Waals surface area contributed by atoms with E-state index in [1.807, 2.05) is 0 Å². The number of carboxylic acid groups (broad SMARTS) is 1. The summed E-state index contributed by atoms with van der Waals surface area (Å²) in [7, 11) is 1.76. The first kappa shape index (κ1) is 13.9. The molecular weight excluding hydrogens is 224 g/mol. The number of ether oxygens (including phenoxy) is 1. The first-order valence-electron chi connectivity index (χ1n) is 5.75. The summed E-state index contributed by atoms with van der Waals surface area (Å²) in [6.07, 6.45) is 0. The van der Waals surface area contributed by atoms with Crippen molar-refractivity contribution in [2.45, 2.75) is 25.9 Å². The number of likely N-dealkylation sites (N-methyl/N-ethyl adjacent to an activating group) is 1. The Morgan fingerprint density at radius 3 is 2.47 bits per heavy atom. The molecule has 0 aliphatic carbocycles. The molecule has 0 bridgehead atoms. The molecule has 0 aromatic carbocycles. The van der Waals surface area contributed by atoms with Crippen LogP contribution in [-0.4, -0.2) is 49.3 Å². The molecule has 1 aliphatic heterocycles. The lowest BCUT2D eigenvalue weighted by molar-refractivity contribution is -0.143. The number of hydrogen-bond donors (Lipinski definition) is 3. The number of hydrogen-bond acceptors (Lipinski definition) is 4. The lowest BCUT2D eigenvalue weighted by atomic mass is 10.00. The Morgan fingerprint density at radius 2 is 2.00 bits per heavy atom. The van der Waals surface area contributed by atoms with Crippen molar-refractivity contribution in [3.63, 3.8) is 0 Å². The molecule has 1 heterocycles. The van der Waals surface area contributed by atoms with E-state index in [1.54, 1.807) is 20.9 Å². The van der Waals surface area contributed by atoms with Gasteiger partial charge in [0, 0.05) is 6.04 Å². The summed E-state index contributed by atoms with van der Waals surface area (Å²) in [5.74, 6) is -1.73. The fourth-order valence-corrected chi connectivity index (χ4v) is 1.87. The summed E-state index contributed by atoms with van der Waals surface area (Å²) < 4.78 is 5.21. The average molecular weight is 244 g/mol. The quantitative estimate of drug-likeness (QED) is 0.604. The summed E-state index contributed by atoms with van der Waals surface area (Å²) in [6.45, 7) is 4.34. The maximum Gasteiger partial charge on any atom is 0.326 e.